The van der Waals surface area contributed by atoms with Crippen molar-refractivity contribution in [1.82, 2.24) is 9.78 Å². The van der Waals surface area contributed by atoms with Crippen molar-refractivity contribution in [2.75, 3.05) is 6.61 Å². The number of ether oxygens (including phenoxy) is 1. The molecule has 0 spiro atoms. The molecule has 2 rings (SSSR count). The second-order valence-corrected chi connectivity index (χ2v) is 3.40. The Kier molecular flexibility index (Phi) is 2.02. The van der Waals surface area contributed by atoms with Crippen molar-refractivity contribution in [3.63, 3.8) is 0 Å². The number of hydrogen-bond acceptors (Lipinski definition) is 3. The second kappa shape index (κ2) is 3.08. The van der Waals surface area contributed by atoms with E-state index in [1.165, 1.54) is 10.9 Å². The van der Waals surface area contributed by atoms with Gasteiger partial charge in [-0.25, -0.2) is 4.39 Å². The molecule has 0 saturated heterocycles. The molecule has 1 aliphatic carbocycles. The maximum absolute atomic E-state index is 12.7. The molecule has 1 aromatic heterocycles. The van der Waals surface area contributed by atoms with Crippen molar-refractivity contribution in [3.8, 4) is 0 Å². The summed E-state index contributed by atoms with van der Waals surface area (Å²) in [6.07, 6.45) is 4.06. The summed E-state index contributed by atoms with van der Waals surface area (Å²) in [5, 5.41) is 11.6. The summed E-state index contributed by atoms with van der Waals surface area (Å²) in [6, 6.07) is 0. The predicted octanol–water partition coefficient (Wildman–Crippen LogP) is 1.53. The molecule has 1 saturated carbocycles. The van der Waals surface area contributed by atoms with Crippen LogP contribution in [0.4, 0.5) is 4.39 Å². The van der Waals surface area contributed by atoms with Gasteiger partial charge in [0.05, 0.1) is 19.0 Å². The van der Waals surface area contributed by atoms with Gasteiger partial charge in [-0.1, -0.05) is 0 Å². The Bertz CT molecular complexity index is 357. The van der Waals surface area contributed by atoms with Gasteiger partial charge in [0, 0.05) is 0 Å². The highest BCUT2D eigenvalue weighted by molar-refractivity contribution is 5.84. The second-order valence-electron chi connectivity index (χ2n) is 3.40. The number of rotatable bonds is 3. The van der Waals surface area contributed by atoms with Crippen LogP contribution < -0.4 is 0 Å². The fourth-order valence-corrected chi connectivity index (χ4v) is 1.49. The quantitative estimate of drug-likeness (QED) is 0.590. The summed E-state index contributed by atoms with van der Waals surface area (Å²) in [5.41, 5.74) is -0.500. The van der Waals surface area contributed by atoms with E-state index < -0.39 is 5.54 Å². The van der Waals surface area contributed by atoms with Gasteiger partial charge < -0.3 is 4.74 Å². The standard InChI is InChI=1S/C9H12FN3O/c1-2-14-8(11)9(3-4-9)13-6-7(10)5-12-13/h5-6,11H,2-4H2,1H3. The van der Waals surface area contributed by atoms with Crippen molar-refractivity contribution >= 4 is 5.90 Å². The Morgan fingerprint density at radius 3 is 2.93 bits per heavy atom. The van der Waals surface area contributed by atoms with Crippen molar-refractivity contribution in [1.29, 1.82) is 5.41 Å². The smallest absolute Gasteiger partial charge is 0.209 e. The normalized spacial score (nSPS) is 17.9. The Hall–Kier alpha value is -1.39. The van der Waals surface area contributed by atoms with E-state index in [1.54, 1.807) is 0 Å². The highest BCUT2D eigenvalue weighted by atomic mass is 19.1. The molecule has 4 nitrogen and oxygen atoms in total. The Morgan fingerprint density at radius 2 is 2.50 bits per heavy atom. The van der Waals surface area contributed by atoms with Gasteiger partial charge >= 0.3 is 0 Å². The summed E-state index contributed by atoms with van der Waals surface area (Å²) < 4.78 is 19.4. The van der Waals surface area contributed by atoms with Crippen LogP contribution in [0.3, 0.4) is 0 Å². The highest BCUT2D eigenvalue weighted by Gasteiger charge is 2.51. The fourth-order valence-electron chi connectivity index (χ4n) is 1.49. The van der Waals surface area contributed by atoms with Crippen LogP contribution in [0.2, 0.25) is 0 Å². The van der Waals surface area contributed by atoms with Crippen LogP contribution in [0.25, 0.3) is 0 Å². The molecule has 5 heteroatoms. The van der Waals surface area contributed by atoms with E-state index in [0.717, 1.165) is 19.0 Å². The summed E-state index contributed by atoms with van der Waals surface area (Å²) in [7, 11) is 0. The maximum Gasteiger partial charge on any atom is 0.209 e. The van der Waals surface area contributed by atoms with Gasteiger partial charge in [-0.15, -0.1) is 0 Å². The van der Waals surface area contributed by atoms with Crippen LogP contribution in [0.1, 0.15) is 19.8 Å². The number of aromatic nitrogens is 2. The average molecular weight is 197 g/mol. The first-order valence-corrected chi connectivity index (χ1v) is 4.61. The zero-order valence-corrected chi connectivity index (χ0v) is 7.96. The average Bonchev–Trinajstić information content (AvgIpc) is 2.85. The molecule has 0 aliphatic heterocycles. The zero-order valence-electron chi connectivity index (χ0n) is 7.96. The Morgan fingerprint density at radius 1 is 1.79 bits per heavy atom. The molecule has 0 amide bonds. The molecule has 1 aliphatic rings. The Balaban J connectivity index is 2.21. The number of nitrogens with zero attached hydrogens (tertiary/aromatic N) is 2. The highest BCUT2D eigenvalue weighted by Crippen LogP contribution is 2.44. The minimum atomic E-state index is -0.500. The van der Waals surface area contributed by atoms with Gasteiger partial charge in [0.1, 0.15) is 5.54 Å². The van der Waals surface area contributed by atoms with E-state index >= 15 is 0 Å². The molecule has 0 aromatic carbocycles. The van der Waals surface area contributed by atoms with E-state index in [0.29, 0.717) is 6.61 Å². The van der Waals surface area contributed by atoms with E-state index in [4.69, 9.17) is 10.1 Å². The molecule has 76 valence electrons. The first-order chi connectivity index (χ1) is 6.69. The summed E-state index contributed by atoms with van der Waals surface area (Å²) in [5.74, 6) is -0.191. The minimum Gasteiger partial charge on any atom is -0.480 e. The van der Waals surface area contributed by atoms with Gasteiger partial charge in [-0.3, -0.25) is 10.1 Å². The molecule has 0 atom stereocenters. The first kappa shape index (κ1) is 9.18. The van der Waals surface area contributed by atoms with Crippen molar-refractivity contribution in [2.45, 2.75) is 25.3 Å². The van der Waals surface area contributed by atoms with Crippen LogP contribution in [0, 0.1) is 11.2 Å². The monoisotopic (exact) mass is 197 g/mol. The SMILES string of the molecule is CCOC(=N)C1(n2cc(F)cn2)CC1. The van der Waals surface area contributed by atoms with Crippen LogP contribution in [-0.4, -0.2) is 22.3 Å². The zero-order chi connectivity index (χ0) is 10.2. The van der Waals surface area contributed by atoms with E-state index in [1.807, 2.05) is 6.92 Å². The molecule has 0 bridgehead atoms. The number of hydrogen-bond donors (Lipinski definition) is 1. The molecule has 1 fully saturated rings. The lowest BCUT2D eigenvalue weighted by Gasteiger charge is -2.16. The summed E-state index contributed by atoms with van der Waals surface area (Å²) in [6.45, 7) is 2.29. The Labute approximate surface area is 81.2 Å². The van der Waals surface area contributed by atoms with Crippen LogP contribution >= 0.6 is 0 Å². The van der Waals surface area contributed by atoms with Crippen LogP contribution in [0.15, 0.2) is 12.4 Å². The van der Waals surface area contributed by atoms with Crippen LogP contribution in [-0.2, 0) is 10.3 Å². The van der Waals surface area contributed by atoms with Gasteiger partial charge in [0.2, 0.25) is 5.90 Å². The van der Waals surface area contributed by atoms with E-state index in [9.17, 15) is 4.39 Å². The third-order valence-corrected chi connectivity index (χ3v) is 2.42. The third kappa shape index (κ3) is 1.29. The molecule has 1 aromatic rings. The van der Waals surface area contributed by atoms with Gasteiger partial charge in [0.25, 0.3) is 0 Å². The number of nitrogens with one attached hydrogen (secondary N) is 1. The lowest BCUT2D eigenvalue weighted by molar-refractivity contribution is 0.285. The van der Waals surface area contributed by atoms with Crippen LogP contribution in [0.5, 0.6) is 0 Å². The molecule has 1 heterocycles. The van der Waals surface area contributed by atoms with Gasteiger partial charge in [-0.05, 0) is 19.8 Å². The topological polar surface area (TPSA) is 50.9 Å². The number of halogens is 1. The largest absolute Gasteiger partial charge is 0.480 e. The molecule has 1 N–H and O–H groups in total. The van der Waals surface area contributed by atoms with E-state index in [-0.39, 0.29) is 11.7 Å². The molecule has 14 heavy (non-hydrogen) atoms. The molecular weight excluding hydrogens is 185 g/mol. The van der Waals surface area contributed by atoms with Gasteiger partial charge in [0.15, 0.2) is 5.82 Å². The lowest BCUT2D eigenvalue weighted by Crippen LogP contribution is -2.29. The minimum absolute atomic E-state index is 0.183. The van der Waals surface area contributed by atoms with Crippen molar-refractivity contribution in [2.24, 2.45) is 0 Å². The predicted molar refractivity (Wildman–Crippen MR) is 48.7 cm³/mol. The molecular formula is C9H12FN3O. The molecule has 0 radical (unpaired) electrons. The first-order valence-electron chi connectivity index (χ1n) is 4.61. The maximum atomic E-state index is 12.7. The summed E-state index contributed by atoms with van der Waals surface area (Å²) >= 11 is 0. The van der Waals surface area contributed by atoms with Crippen molar-refractivity contribution < 1.29 is 9.13 Å². The fraction of sp³-hybridized carbons (Fsp3) is 0.556. The van der Waals surface area contributed by atoms with Gasteiger partial charge in [-0.2, -0.15) is 5.10 Å². The third-order valence-electron chi connectivity index (χ3n) is 2.42. The van der Waals surface area contributed by atoms with E-state index in [2.05, 4.69) is 5.10 Å². The van der Waals surface area contributed by atoms with Crippen molar-refractivity contribution in [3.05, 3.63) is 18.2 Å². The lowest BCUT2D eigenvalue weighted by atomic mass is 10.3. The summed E-state index contributed by atoms with van der Waals surface area (Å²) in [4.78, 5) is 0. The molecule has 0 unspecified atom stereocenters.